The van der Waals surface area contributed by atoms with E-state index in [4.69, 9.17) is 38.3 Å². The van der Waals surface area contributed by atoms with E-state index < -0.39 is 6.04 Å². The molecule has 0 saturated carbocycles. The molecule has 3 heterocycles. The summed E-state index contributed by atoms with van der Waals surface area (Å²) in [5.41, 5.74) is 3.59. The van der Waals surface area contributed by atoms with Crippen molar-refractivity contribution in [2.24, 2.45) is 5.10 Å². The van der Waals surface area contributed by atoms with E-state index in [0.717, 1.165) is 32.7 Å². The van der Waals surface area contributed by atoms with E-state index in [1.54, 1.807) is 34.5 Å². The molecule has 0 aliphatic carbocycles. The molecule has 4 nitrogen and oxygen atoms in total. The summed E-state index contributed by atoms with van der Waals surface area (Å²) in [6.07, 6.45) is 0.476. The van der Waals surface area contributed by atoms with Gasteiger partial charge < -0.3 is 0 Å². The fraction of sp³-hybridized carbons (Fsp3) is 0.0741. The Morgan fingerprint density at radius 3 is 2.54 bits per heavy atom. The van der Waals surface area contributed by atoms with E-state index in [0.29, 0.717) is 28.0 Å². The first-order valence-electron chi connectivity index (χ1n) is 11.0. The lowest BCUT2D eigenvalue weighted by Crippen LogP contribution is -2.22. The molecule has 0 radical (unpaired) electrons. The van der Waals surface area contributed by atoms with Crippen LogP contribution in [0.5, 0.6) is 0 Å². The average Bonchev–Trinajstić information content (AvgIpc) is 3.55. The number of hydrogen-bond acceptors (Lipinski definition) is 5. The van der Waals surface area contributed by atoms with Crippen LogP contribution in [-0.4, -0.2) is 15.7 Å². The molecule has 0 N–H and O–H groups in total. The first-order valence-corrected chi connectivity index (χ1v) is 12.6. The highest BCUT2D eigenvalue weighted by molar-refractivity contribution is 7.12. The highest BCUT2D eigenvalue weighted by Gasteiger charge is 2.35. The molecule has 5 aromatic rings. The molecule has 0 bridgehead atoms. The van der Waals surface area contributed by atoms with Crippen LogP contribution in [0.25, 0.3) is 22.2 Å². The SMILES string of the molecule is Fc1cccc(Cl)c1[C@H]1CC(c2cccs2)=NN1c1nc(-c2ccccc2)c2cc(Cl)ccc2n1. The molecule has 1 aliphatic rings. The van der Waals surface area contributed by atoms with Crippen molar-refractivity contribution in [3.63, 3.8) is 0 Å². The number of thiophene rings is 1. The second-order valence-electron chi connectivity index (χ2n) is 8.12. The third kappa shape index (κ3) is 4.08. The zero-order valence-electron chi connectivity index (χ0n) is 18.2. The molecular weight excluding hydrogens is 502 g/mol. The Morgan fingerprint density at radius 1 is 0.914 bits per heavy atom. The zero-order chi connectivity index (χ0) is 23.9. The van der Waals surface area contributed by atoms with Gasteiger partial charge in [-0.05, 0) is 41.8 Å². The first-order chi connectivity index (χ1) is 17.1. The lowest BCUT2D eigenvalue weighted by Gasteiger charge is -2.24. The van der Waals surface area contributed by atoms with E-state index in [1.807, 2.05) is 60.0 Å². The van der Waals surface area contributed by atoms with Gasteiger partial charge in [-0.15, -0.1) is 11.3 Å². The Balaban J connectivity index is 1.57. The molecule has 2 aromatic heterocycles. The minimum Gasteiger partial charge on any atom is -0.223 e. The fourth-order valence-corrected chi connectivity index (χ4v) is 5.53. The van der Waals surface area contributed by atoms with Crippen molar-refractivity contribution in [2.75, 3.05) is 5.01 Å². The van der Waals surface area contributed by atoms with Gasteiger partial charge >= 0.3 is 0 Å². The molecule has 35 heavy (non-hydrogen) atoms. The van der Waals surface area contributed by atoms with Crippen molar-refractivity contribution in [3.05, 3.63) is 111 Å². The van der Waals surface area contributed by atoms with Crippen molar-refractivity contribution in [1.29, 1.82) is 0 Å². The highest BCUT2D eigenvalue weighted by Crippen LogP contribution is 2.41. The minimum absolute atomic E-state index is 0.346. The molecule has 1 atom stereocenters. The molecule has 6 rings (SSSR count). The normalized spacial score (nSPS) is 15.6. The van der Waals surface area contributed by atoms with Crippen LogP contribution in [0.1, 0.15) is 22.9 Å². The topological polar surface area (TPSA) is 41.4 Å². The average molecular weight is 519 g/mol. The van der Waals surface area contributed by atoms with Gasteiger partial charge in [0, 0.05) is 33.0 Å². The molecule has 0 spiro atoms. The Labute approximate surface area is 215 Å². The van der Waals surface area contributed by atoms with Gasteiger partial charge in [0.15, 0.2) is 0 Å². The van der Waals surface area contributed by atoms with Crippen LogP contribution in [0, 0.1) is 5.82 Å². The monoisotopic (exact) mass is 518 g/mol. The summed E-state index contributed by atoms with van der Waals surface area (Å²) in [7, 11) is 0. The molecular formula is C27H17Cl2FN4S. The maximum atomic E-state index is 15.1. The van der Waals surface area contributed by atoms with Crippen molar-refractivity contribution in [3.8, 4) is 11.3 Å². The molecule has 8 heteroatoms. The Morgan fingerprint density at radius 2 is 1.77 bits per heavy atom. The van der Waals surface area contributed by atoms with Crippen LogP contribution in [0.4, 0.5) is 10.3 Å². The maximum absolute atomic E-state index is 15.1. The Kier molecular flexibility index (Phi) is 5.72. The predicted molar refractivity (Wildman–Crippen MR) is 142 cm³/mol. The summed E-state index contributed by atoms with van der Waals surface area (Å²) < 4.78 is 15.1. The van der Waals surface area contributed by atoms with E-state index in [2.05, 4.69) is 0 Å². The number of rotatable bonds is 4. The van der Waals surface area contributed by atoms with Crippen molar-refractivity contribution in [2.45, 2.75) is 12.5 Å². The van der Waals surface area contributed by atoms with Gasteiger partial charge in [0.25, 0.3) is 0 Å². The Bertz CT molecular complexity index is 1550. The quantitative estimate of drug-likeness (QED) is 0.241. The second-order valence-corrected chi connectivity index (χ2v) is 9.91. The molecule has 0 unspecified atom stereocenters. The van der Waals surface area contributed by atoms with E-state index >= 15 is 4.39 Å². The van der Waals surface area contributed by atoms with Crippen LogP contribution in [0.2, 0.25) is 10.0 Å². The largest absolute Gasteiger partial charge is 0.247 e. The van der Waals surface area contributed by atoms with E-state index in [-0.39, 0.29) is 5.82 Å². The number of aromatic nitrogens is 2. The van der Waals surface area contributed by atoms with Crippen molar-refractivity contribution in [1.82, 2.24) is 9.97 Å². The molecule has 3 aromatic carbocycles. The lowest BCUT2D eigenvalue weighted by molar-refractivity contribution is 0.576. The molecule has 0 saturated heterocycles. The van der Waals surface area contributed by atoms with Crippen LogP contribution in [0.15, 0.2) is 89.3 Å². The van der Waals surface area contributed by atoms with Crippen molar-refractivity contribution >= 4 is 57.1 Å². The standard InChI is InChI=1S/C27H17Cl2FN4S/c28-17-11-12-21-18(14-17)26(16-6-2-1-3-7-16)32-27(31-21)34-23(25-19(29)8-4-9-20(25)30)15-22(33-34)24-10-5-13-35-24/h1-14,23H,15H2/t23-/m1/s1. The smallest absolute Gasteiger partial charge is 0.223 e. The number of nitrogens with zero attached hydrogens (tertiary/aromatic N) is 4. The Hall–Kier alpha value is -3.32. The summed E-state index contributed by atoms with van der Waals surface area (Å²) in [4.78, 5) is 10.8. The number of fused-ring (bicyclic) bond motifs is 1. The number of hydrogen-bond donors (Lipinski definition) is 0. The summed E-state index contributed by atoms with van der Waals surface area (Å²) in [5, 5.41) is 10.3. The van der Waals surface area contributed by atoms with Gasteiger partial charge in [0.1, 0.15) is 5.82 Å². The zero-order valence-corrected chi connectivity index (χ0v) is 20.5. The van der Waals surface area contributed by atoms with Gasteiger partial charge in [-0.25, -0.2) is 19.4 Å². The molecule has 172 valence electrons. The predicted octanol–water partition coefficient (Wildman–Crippen LogP) is 8.16. The number of anilines is 1. The number of halogens is 3. The fourth-order valence-electron chi connectivity index (χ4n) is 4.35. The van der Waals surface area contributed by atoms with Gasteiger partial charge in [0.05, 0.1) is 27.8 Å². The van der Waals surface area contributed by atoms with Crippen LogP contribution in [0.3, 0.4) is 0 Å². The van der Waals surface area contributed by atoms with Crippen molar-refractivity contribution < 1.29 is 4.39 Å². The minimum atomic E-state index is -0.492. The van der Waals surface area contributed by atoms with E-state index in [1.165, 1.54) is 6.07 Å². The summed E-state index contributed by atoms with van der Waals surface area (Å²) in [6.45, 7) is 0. The summed E-state index contributed by atoms with van der Waals surface area (Å²) >= 11 is 14.4. The van der Waals surface area contributed by atoms with Gasteiger partial charge in [0.2, 0.25) is 5.95 Å². The molecule has 0 fully saturated rings. The van der Waals surface area contributed by atoms with Crippen LogP contribution < -0.4 is 5.01 Å². The van der Waals surface area contributed by atoms with Gasteiger partial charge in [-0.1, -0.05) is 65.7 Å². The third-order valence-electron chi connectivity index (χ3n) is 5.95. The first kappa shape index (κ1) is 22.2. The number of hydrazone groups is 1. The highest BCUT2D eigenvalue weighted by atomic mass is 35.5. The second kappa shape index (κ2) is 9.04. The maximum Gasteiger partial charge on any atom is 0.247 e. The van der Waals surface area contributed by atoms with Crippen LogP contribution >= 0.6 is 34.5 Å². The summed E-state index contributed by atoms with van der Waals surface area (Å²) in [6, 6.07) is 23.6. The lowest BCUT2D eigenvalue weighted by atomic mass is 10.0. The van der Waals surface area contributed by atoms with Gasteiger partial charge in [-0.3, -0.25) is 0 Å². The molecule has 0 amide bonds. The molecule has 1 aliphatic heterocycles. The van der Waals surface area contributed by atoms with Gasteiger partial charge in [-0.2, -0.15) is 5.10 Å². The van der Waals surface area contributed by atoms with E-state index in [9.17, 15) is 0 Å². The third-order valence-corrected chi connectivity index (χ3v) is 7.43. The summed E-state index contributed by atoms with van der Waals surface area (Å²) in [5.74, 6) is -0.0134. The number of benzene rings is 3. The van der Waals surface area contributed by atoms with Crippen LogP contribution in [-0.2, 0) is 0 Å².